The molecule has 2 aromatic carbocycles. The molecule has 2 aromatic rings. The van der Waals surface area contributed by atoms with Gasteiger partial charge in [0.2, 0.25) is 11.8 Å². The first-order valence-corrected chi connectivity index (χ1v) is 9.20. The monoisotopic (exact) mass is 377 g/mol. The fraction of sp³-hybridized carbons (Fsp3) is 0.238. The van der Waals surface area contributed by atoms with E-state index in [1.807, 2.05) is 6.07 Å². The van der Waals surface area contributed by atoms with Crippen LogP contribution in [0.15, 0.2) is 48.5 Å². The maximum absolute atomic E-state index is 12.4. The summed E-state index contributed by atoms with van der Waals surface area (Å²) in [6, 6.07) is 13.5. The first kappa shape index (κ1) is 17.9. The number of rotatable bonds is 4. The topological polar surface area (TPSA) is 86.8 Å². The van der Waals surface area contributed by atoms with Gasteiger partial charge in [-0.3, -0.25) is 24.1 Å². The maximum Gasteiger partial charge on any atom is 0.262 e. The summed E-state index contributed by atoms with van der Waals surface area (Å²) in [5, 5.41) is 2.71. The van der Waals surface area contributed by atoms with Crippen LogP contribution in [0.5, 0.6) is 0 Å². The van der Waals surface area contributed by atoms with Crippen LogP contribution in [0.1, 0.15) is 40.0 Å². The molecule has 0 spiro atoms. The summed E-state index contributed by atoms with van der Waals surface area (Å²) >= 11 is 0. The number of imide groups is 1. The molecule has 28 heavy (non-hydrogen) atoms. The van der Waals surface area contributed by atoms with Crippen LogP contribution in [0, 0.1) is 0 Å². The molecule has 4 amide bonds. The summed E-state index contributed by atoms with van der Waals surface area (Å²) < 4.78 is 0. The van der Waals surface area contributed by atoms with Crippen molar-refractivity contribution < 1.29 is 19.2 Å². The van der Waals surface area contributed by atoms with Gasteiger partial charge < -0.3 is 10.2 Å². The molecule has 0 unspecified atom stereocenters. The number of carbonyl (C=O) groups excluding carboxylic acids is 4. The van der Waals surface area contributed by atoms with Crippen molar-refractivity contribution in [2.24, 2.45) is 0 Å². The number of nitrogens with one attached hydrogen (secondary N) is 1. The summed E-state index contributed by atoms with van der Waals surface area (Å²) in [5.41, 5.74) is 1.86. The lowest BCUT2D eigenvalue weighted by molar-refractivity contribution is -0.119. The standard InChI is InChI=1S/C21H19N3O4/c25-18(13-24-20(27)16-8-1-2-9-17(16)21(24)28)22-14-6-5-7-15(12-14)23-11-4-3-10-19(23)26/h1-2,5-9,12H,3-4,10-11,13H2,(H,22,25). The van der Waals surface area contributed by atoms with E-state index in [9.17, 15) is 19.2 Å². The zero-order chi connectivity index (χ0) is 19.7. The largest absolute Gasteiger partial charge is 0.324 e. The quantitative estimate of drug-likeness (QED) is 0.829. The number of piperidine rings is 1. The minimum absolute atomic E-state index is 0.0701. The highest BCUT2D eigenvalue weighted by Gasteiger charge is 2.36. The molecule has 1 saturated heterocycles. The third-order valence-electron chi connectivity index (χ3n) is 4.94. The fourth-order valence-corrected chi connectivity index (χ4v) is 3.56. The Labute approximate surface area is 161 Å². The molecule has 2 aliphatic rings. The molecule has 2 heterocycles. The molecule has 0 atom stereocenters. The fourth-order valence-electron chi connectivity index (χ4n) is 3.56. The molecule has 1 fully saturated rings. The number of carbonyl (C=O) groups is 4. The highest BCUT2D eigenvalue weighted by atomic mass is 16.2. The van der Waals surface area contributed by atoms with Gasteiger partial charge in [-0.05, 0) is 43.2 Å². The van der Waals surface area contributed by atoms with E-state index in [4.69, 9.17) is 0 Å². The van der Waals surface area contributed by atoms with Crippen LogP contribution in [0.2, 0.25) is 0 Å². The summed E-state index contributed by atoms with van der Waals surface area (Å²) in [5.74, 6) is -1.34. The van der Waals surface area contributed by atoms with E-state index in [2.05, 4.69) is 5.32 Å². The smallest absolute Gasteiger partial charge is 0.262 e. The van der Waals surface area contributed by atoms with Crippen molar-refractivity contribution >= 4 is 35.0 Å². The lowest BCUT2D eigenvalue weighted by atomic mass is 10.1. The molecule has 0 aromatic heterocycles. The van der Waals surface area contributed by atoms with Gasteiger partial charge in [0.1, 0.15) is 6.54 Å². The predicted octanol–water partition coefficient (Wildman–Crippen LogP) is 2.44. The van der Waals surface area contributed by atoms with Gasteiger partial charge in [-0.25, -0.2) is 0 Å². The highest BCUT2D eigenvalue weighted by Crippen LogP contribution is 2.25. The lowest BCUT2D eigenvalue weighted by Crippen LogP contribution is -2.37. The van der Waals surface area contributed by atoms with Gasteiger partial charge in [-0.1, -0.05) is 18.2 Å². The van der Waals surface area contributed by atoms with Crippen LogP contribution >= 0.6 is 0 Å². The molecule has 7 heteroatoms. The number of fused-ring (bicyclic) bond motifs is 1. The number of benzene rings is 2. The third kappa shape index (κ3) is 3.26. The minimum Gasteiger partial charge on any atom is -0.324 e. The highest BCUT2D eigenvalue weighted by molar-refractivity contribution is 6.22. The molecule has 0 saturated carbocycles. The van der Waals surface area contributed by atoms with Crippen molar-refractivity contribution in [2.45, 2.75) is 19.3 Å². The number of hydrogen-bond donors (Lipinski definition) is 1. The average Bonchev–Trinajstić information content (AvgIpc) is 2.94. The number of hydrogen-bond acceptors (Lipinski definition) is 4. The summed E-state index contributed by atoms with van der Waals surface area (Å²) in [6.45, 7) is 0.296. The minimum atomic E-state index is -0.475. The average molecular weight is 377 g/mol. The molecule has 142 valence electrons. The second-order valence-electron chi connectivity index (χ2n) is 6.84. The van der Waals surface area contributed by atoms with Crippen molar-refractivity contribution in [3.63, 3.8) is 0 Å². The molecule has 4 rings (SSSR count). The zero-order valence-electron chi connectivity index (χ0n) is 15.2. The first-order chi connectivity index (χ1) is 13.5. The normalized spacial score (nSPS) is 16.4. The Kier molecular flexibility index (Phi) is 4.65. The summed E-state index contributed by atoms with van der Waals surface area (Å²) in [6.07, 6.45) is 2.37. The van der Waals surface area contributed by atoms with Crippen LogP contribution < -0.4 is 10.2 Å². The van der Waals surface area contributed by atoms with Crippen molar-refractivity contribution in [2.75, 3.05) is 23.3 Å². The van der Waals surface area contributed by atoms with Crippen LogP contribution in [-0.2, 0) is 9.59 Å². The molecule has 0 aliphatic carbocycles. The van der Waals surface area contributed by atoms with E-state index in [0.29, 0.717) is 29.8 Å². The molecule has 0 radical (unpaired) electrons. The van der Waals surface area contributed by atoms with Gasteiger partial charge in [-0.15, -0.1) is 0 Å². The number of anilines is 2. The molecule has 1 N–H and O–H groups in total. The van der Waals surface area contributed by atoms with Crippen molar-refractivity contribution in [1.82, 2.24) is 4.90 Å². The molecule has 0 bridgehead atoms. The summed E-state index contributed by atoms with van der Waals surface area (Å²) in [4.78, 5) is 51.9. The molecular formula is C21H19N3O4. The Morgan fingerprint density at radius 3 is 2.32 bits per heavy atom. The second-order valence-corrected chi connectivity index (χ2v) is 6.84. The third-order valence-corrected chi connectivity index (χ3v) is 4.94. The van der Waals surface area contributed by atoms with Crippen molar-refractivity contribution in [3.8, 4) is 0 Å². The lowest BCUT2D eigenvalue weighted by Gasteiger charge is -2.27. The maximum atomic E-state index is 12.4. The van der Waals surface area contributed by atoms with Gasteiger partial charge >= 0.3 is 0 Å². The summed E-state index contributed by atoms with van der Waals surface area (Å²) in [7, 11) is 0. The number of amides is 4. The SMILES string of the molecule is O=C(CN1C(=O)c2ccccc2C1=O)Nc1cccc(N2CCCCC2=O)c1. The van der Waals surface area contributed by atoms with E-state index < -0.39 is 17.7 Å². The Morgan fingerprint density at radius 1 is 0.929 bits per heavy atom. The Bertz CT molecular complexity index is 950. The van der Waals surface area contributed by atoms with E-state index >= 15 is 0 Å². The molecule has 7 nitrogen and oxygen atoms in total. The predicted molar refractivity (Wildman–Crippen MR) is 103 cm³/mol. The van der Waals surface area contributed by atoms with Gasteiger partial charge in [0.05, 0.1) is 11.1 Å². The Hall–Kier alpha value is -3.48. The Morgan fingerprint density at radius 2 is 1.64 bits per heavy atom. The zero-order valence-corrected chi connectivity index (χ0v) is 15.2. The Balaban J connectivity index is 1.45. The molecular weight excluding hydrogens is 358 g/mol. The van der Waals surface area contributed by atoms with Gasteiger partial charge in [0, 0.05) is 24.3 Å². The van der Waals surface area contributed by atoms with Crippen LogP contribution in [-0.4, -0.2) is 41.6 Å². The van der Waals surface area contributed by atoms with Crippen LogP contribution in [0.25, 0.3) is 0 Å². The van der Waals surface area contributed by atoms with E-state index in [0.717, 1.165) is 23.4 Å². The molecule has 2 aliphatic heterocycles. The van der Waals surface area contributed by atoms with Gasteiger partial charge in [-0.2, -0.15) is 0 Å². The van der Waals surface area contributed by atoms with E-state index in [1.54, 1.807) is 47.4 Å². The van der Waals surface area contributed by atoms with Gasteiger partial charge in [0.25, 0.3) is 11.8 Å². The van der Waals surface area contributed by atoms with Crippen LogP contribution in [0.4, 0.5) is 11.4 Å². The van der Waals surface area contributed by atoms with E-state index in [1.165, 1.54) is 0 Å². The number of nitrogens with zero attached hydrogens (tertiary/aromatic N) is 2. The van der Waals surface area contributed by atoms with Crippen molar-refractivity contribution in [3.05, 3.63) is 59.7 Å². The van der Waals surface area contributed by atoms with Gasteiger partial charge in [0.15, 0.2) is 0 Å². The second kappa shape index (κ2) is 7.26. The van der Waals surface area contributed by atoms with Crippen molar-refractivity contribution in [1.29, 1.82) is 0 Å². The first-order valence-electron chi connectivity index (χ1n) is 9.20. The van der Waals surface area contributed by atoms with E-state index in [-0.39, 0.29) is 12.5 Å². The van der Waals surface area contributed by atoms with Crippen LogP contribution in [0.3, 0.4) is 0 Å².